The lowest BCUT2D eigenvalue weighted by atomic mass is 9.89. The third kappa shape index (κ3) is 5.95. The van der Waals surface area contributed by atoms with Crippen LogP contribution in [0.4, 0.5) is 0 Å². The highest BCUT2D eigenvalue weighted by Crippen LogP contribution is 2.20. The van der Waals surface area contributed by atoms with Crippen molar-refractivity contribution >= 4 is 5.96 Å². The van der Waals surface area contributed by atoms with E-state index >= 15 is 0 Å². The second-order valence-corrected chi connectivity index (χ2v) is 5.34. The van der Waals surface area contributed by atoms with Crippen LogP contribution in [0.1, 0.15) is 34.6 Å². The third-order valence-electron chi connectivity index (χ3n) is 2.35. The van der Waals surface area contributed by atoms with E-state index in [0.29, 0.717) is 6.04 Å². The van der Waals surface area contributed by atoms with Crippen LogP contribution in [0.5, 0.6) is 0 Å². The van der Waals surface area contributed by atoms with Crippen molar-refractivity contribution in [1.29, 1.82) is 0 Å². The summed E-state index contributed by atoms with van der Waals surface area (Å²) >= 11 is 0. The minimum atomic E-state index is 0.123. The van der Waals surface area contributed by atoms with E-state index in [1.54, 1.807) is 14.2 Å². The van der Waals surface area contributed by atoms with Gasteiger partial charge in [0.05, 0.1) is 6.10 Å². The van der Waals surface area contributed by atoms with Crippen molar-refractivity contribution < 1.29 is 4.74 Å². The summed E-state index contributed by atoms with van der Waals surface area (Å²) in [5, 5.41) is 6.52. The van der Waals surface area contributed by atoms with Crippen LogP contribution in [0.2, 0.25) is 0 Å². The summed E-state index contributed by atoms with van der Waals surface area (Å²) in [6, 6.07) is 0.377. The fourth-order valence-corrected chi connectivity index (χ4v) is 1.40. The number of ether oxygens (including phenoxy) is 1. The lowest BCUT2D eigenvalue weighted by Crippen LogP contribution is -2.47. The summed E-state index contributed by atoms with van der Waals surface area (Å²) in [6.07, 6.45) is 0.165. The first kappa shape index (κ1) is 15.2. The van der Waals surface area contributed by atoms with Crippen LogP contribution in [-0.2, 0) is 4.74 Å². The number of aliphatic imine (C=N–C) groups is 1. The molecule has 4 heteroatoms. The molecule has 0 rings (SSSR count). The lowest BCUT2D eigenvalue weighted by molar-refractivity contribution is 0.0205. The summed E-state index contributed by atoms with van der Waals surface area (Å²) in [5.74, 6) is 0.821. The van der Waals surface area contributed by atoms with E-state index in [1.165, 1.54) is 0 Å². The molecule has 1 atom stereocenters. The molecule has 1 unspecified atom stereocenters. The number of methoxy groups -OCH3 is 1. The zero-order valence-corrected chi connectivity index (χ0v) is 11.7. The summed E-state index contributed by atoms with van der Waals surface area (Å²) in [7, 11) is 3.52. The molecule has 0 aliphatic heterocycles. The van der Waals surface area contributed by atoms with E-state index in [4.69, 9.17) is 4.74 Å². The molecule has 0 saturated heterocycles. The van der Waals surface area contributed by atoms with Gasteiger partial charge in [0.2, 0.25) is 0 Å². The zero-order chi connectivity index (χ0) is 12.8. The summed E-state index contributed by atoms with van der Waals surface area (Å²) < 4.78 is 5.47. The van der Waals surface area contributed by atoms with E-state index in [0.717, 1.165) is 12.5 Å². The van der Waals surface area contributed by atoms with Gasteiger partial charge in [-0.05, 0) is 19.3 Å². The lowest BCUT2D eigenvalue weighted by Gasteiger charge is -2.30. The molecule has 2 N–H and O–H groups in total. The molecule has 0 fully saturated rings. The normalized spacial score (nSPS) is 15.1. The number of rotatable bonds is 4. The van der Waals surface area contributed by atoms with Crippen LogP contribution in [0.15, 0.2) is 4.99 Å². The standard InChI is InChI=1S/C12H27N3O/c1-9(2)15-11(13-6)14-8-10(16-7)12(3,4)5/h9-10H,8H2,1-7H3,(H2,13,14,15). The van der Waals surface area contributed by atoms with Crippen LogP contribution in [0.25, 0.3) is 0 Å². The molecule has 0 radical (unpaired) electrons. The Bertz CT molecular complexity index is 219. The number of hydrogen-bond acceptors (Lipinski definition) is 2. The van der Waals surface area contributed by atoms with Crippen molar-refractivity contribution in [1.82, 2.24) is 10.6 Å². The zero-order valence-electron chi connectivity index (χ0n) is 11.7. The highest BCUT2D eigenvalue weighted by Gasteiger charge is 2.24. The van der Waals surface area contributed by atoms with E-state index in [1.807, 2.05) is 0 Å². The average molecular weight is 229 g/mol. The van der Waals surface area contributed by atoms with Crippen LogP contribution in [0.3, 0.4) is 0 Å². The smallest absolute Gasteiger partial charge is 0.191 e. The maximum Gasteiger partial charge on any atom is 0.191 e. The van der Waals surface area contributed by atoms with Gasteiger partial charge in [-0.1, -0.05) is 20.8 Å². The van der Waals surface area contributed by atoms with E-state index in [2.05, 4.69) is 50.2 Å². The number of nitrogens with zero attached hydrogens (tertiary/aromatic N) is 1. The second-order valence-electron chi connectivity index (χ2n) is 5.34. The molecule has 0 heterocycles. The van der Waals surface area contributed by atoms with Gasteiger partial charge in [-0.3, -0.25) is 4.99 Å². The maximum atomic E-state index is 5.47. The first-order chi connectivity index (χ1) is 7.31. The topological polar surface area (TPSA) is 45.7 Å². The van der Waals surface area contributed by atoms with Crippen LogP contribution in [0, 0.1) is 5.41 Å². The Morgan fingerprint density at radius 1 is 1.31 bits per heavy atom. The van der Waals surface area contributed by atoms with E-state index < -0.39 is 0 Å². The van der Waals surface area contributed by atoms with Gasteiger partial charge in [-0.2, -0.15) is 0 Å². The van der Waals surface area contributed by atoms with Crippen molar-refractivity contribution in [2.24, 2.45) is 10.4 Å². The molecule has 4 nitrogen and oxygen atoms in total. The molecule has 96 valence electrons. The summed E-state index contributed by atoms with van der Waals surface area (Å²) in [4.78, 5) is 4.16. The fourth-order valence-electron chi connectivity index (χ4n) is 1.40. The van der Waals surface area contributed by atoms with Gasteiger partial charge in [0.15, 0.2) is 5.96 Å². The van der Waals surface area contributed by atoms with Gasteiger partial charge in [0.25, 0.3) is 0 Å². The van der Waals surface area contributed by atoms with Crippen molar-refractivity contribution in [3.05, 3.63) is 0 Å². The minimum absolute atomic E-state index is 0.123. The summed E-state index contributed by atoms with van der Waals surface area (Å²) in [6.45, 7) is 11.4. The van der Waals surface area contributed by atoms with Gasteiger partial charge in [-0.25, -0.2) is 0 Å². The SMILES string of the molecule is CN=C(NCC(OC)C(C)(C)C)NC(C)C. The van der Waals surface area contributed by atoms with Crippen LogP contribution >= 0.6 is 0 Å². The Labute approximate surface area is 99.9 Å². The number of nitrogens with one attached hydrogen (secondary N) is 2. The van der Waals surface area contributed by atoms with Gasteiger partial charge in [0.1, 0.15) is 0 Å². The molecule has 0 aromatic rings. The Balaban J connectivity index is 4.20. The van der Waals surface area contributed by atoms with E-state index in [9.17, 15) is 0 Å². The first-order valence-corrected chi connectivity index (χ1v) is 5.81. The predicted molar refractivity (Wildman–Crippen MR) is 69.9 cm³/mol. The highest BCUT2D eigenvalue weighted by atomic mass is 16.5. The molecular weight excluding hydrogens is 202 g/mol. The fraction of sp³-hybridized carbons (Fsp3) is 0.917. The Hall–Kier alpha value is -0.770. The Kier molecular flexibility index (Phi) is 6.41. The van der Waals surface area contributed by atoms with E-state index in [-0.39, 0.29) is 11.5 Å². The molecule has 0 aromatic carbocycles. The Morgan fingerprint density at radius 3 is 2.19 bits per heavy atom. The third-order valence-corrected chi connectivity index (χ3v) is 2.35. The molecule has 0 spiro atoms. The van der Waals surface area contributed by atoms with Gasteiger partial charge in [-0.15, -0.1) is 0 Å². The van der Waals surface area contributed by atoms with Crippen molar-refractivity contribution in [3.63, 3.8) is 0 Å². The number of hydrogen-bond donors (Lipinski definition) is 2. The molecular formula is C12H27N3O. The van der Waals surface area contributed by atoms with Gasteiger partial charge < -0.3 is 15.4 Å². The van der Waals surface area contributed by atoms with Crippen molar-refractivity contribution in [2.75, 3.05) is 20.7 Å². The molecule has 0 saturated carbocycles. The molecule has 0 aliphatic rings. The minimum Gasteiger partial charge on any atom is -0.379 e. The molecule has 0 aliphatic carbocycles. The summed E-state index contributed by atoms with van der Waals surface area (Å²) in [5.41, 5.74) is 0.123. The first-order valence-electron chi connectivity index (χ1n) is 5.81. The predicted octanol–water partition coefficient (Wildman–Crippen LogP) is 1.62. The molecule has 0 aromatic heterocycles. The van der Waals surface area contributed by atoms with Crippen LogP contribution in [-0.4, -0.2) is 38.8 Å². The van der Waals surface area contributed by atoms with Gasteiger partial charge in [0, 0.05) is 26.7 Å². The quantitative estimate of drug-likeness (QED) is 0.569. The molecule has 0 bridgehead atoms. The largest absolute Gasteiger partial charge is 0.379 e. The second kappa shape index (κ2) is 6.74. The van der Waals surface area contributed by atoms with Crippen molar-refractivity contribution in [2.45, 2.75) is 46.8 Å². The van der Waals surface area contributed by atoms with Gasteiger partial charge >= 0.3 is 0 Å². The number of guanidine groups is 1. The monoisotopic (exact) mass is 229 g/mol. The molecule has 0 amide bonds. The Morgan fingerprint density at radius 2 is 1.88 bits per heavy atom. The van der Waals surface area contributed by atoms with Crippen molar-refractivity contribution in [3.8, 4) is 0 Å². The maximum absolute atomic E-state index is 5.47. The average Bonchev–Trinajstić information content (AvgIpc) is 2.14. The van der Waals surface area contributed by atoms with Crippen LogP contribution < -0.4 is 10.6 Å². The highest BCUT2D eigenvalue weighted by molar-refractivity contribution is 5.79. The molecule has 16 heavy (non-hydrogen) atoms.